The number of hydrogen-bond acceptors (Lipinski definition) is 3. The van der Waals surface area contributed by atoms with Gasteiger partial charge in [0, 0.05) is 32.3 Å². The van der Waals surface area contributed by atoms with Crippen LogP contribution in [-0.2, 0) is 11.3 Å². The van der Waals surface area contributed by atoms with Gasteiger partial charge in [-0.05, 0) is 45.7 Å². The highest BCUT2D eigenvalue weighted by Crippen LogP contribution is 2.20. The van der Waals surface area contributed by atoms with Gasteiger partial charge in [0.2, 0.25) is 0 Å². The Labute approximate surface area is 140 Å². The van der Waals surface area contributed by atoms with Gasteiger partial charge in [0.1, 0.15) is 5.75 Å². The zero-order valence-corrected chi connectivity index (χ0v) is 15.1. The molecule has 1 rings (SSSR count). The largest absolute Gasteiger partial charge is 0.494 e. The summed E-state index contributed by atoms with van der Waals surface area (Å²) in [6.45, 7) is 11.1. The molecular weight excluding hydrogens is 290 g/mol. The number of rotatable bonds is 9. The number of aliphatic imine (C=N–C) groups is 1. The van der Waals surface area contributed by atoms with Crippen LogP contribution in [0.5, 0.6) is 5.75 Å². The monoisotopic (exact) mass is 321 g/mol. The molecule has 0 saturated carbocycles. The number of ether oxygens (including phenoxy) is 2. The molecular formula is C18H31N3O2. The Morgan fingerprint density at radius 1 is 1.26 bits per heavy atom. The zero-order chi connectivity index (χ0) is 17.1. The first-order valence-electron chi connectivity index (χ1n) is 8.35. The lowest BCUT2D eigenvalue weighted by Gasteiger charge is -2.15. The summed E-state index contributed by atoms with van der Waals surface area (Å²) < 4.78 is 11.2. The van der Waals surface area contributed by atoms with Gasteiger partial charge in [0.15, 0.2) is 5.96 Å². The second-order valence-corrected chi connectivity index (χ2v) is 5.67. The predicted octanol–water partition coefficient (Wildman–Crippen LogP) is 2.87. The fraction of sp³-hybridized carbons (Fsp3) is 0.611. The van der Waals surface area contributed by atoms with Crippen molar-refractivity contribution in [3.63, 3.8) is 0 Å². The van der Waals surface area contributed by atoms with Crippen LogP contribution in [0.4, 0.5) is 0 Å². The molecule has 0 aromatic heterocycles. The van der Waals surface area contributed by atoms with Crippen LogP contribution in [0.1, 0.15) is 38.3 Å². The highest BCUT2D eigenvalue weighted by Gasteiger charge is 2.05. The summed E-state index contributed by atoms with van der Waals surface area (Å²) in [7, 11) is 1.78. The average Bonchev–Trinajstić information content (AvgIpc) is 2.51. The van der Waals surface area contributed by atoms with Crippen molar-refractivity contribution in [2.45, 2.75) is 46.8 Å². The molecule has 0 unspecified atom stereocenters. The van der Waals surface area contributed by atoms with E-state index < -0.39 is 0 Å². The standard InChI is InChI=1S/C18H31N3O2/c1-6-22-17-12-15(4)8-9-16(17)13-21-18(19-5)20-10-7-11-23-14(2)3/h8-9,12,14H,6-7,10-11,13H2,1-5H3,(H2,19,20,21). The maximum atomic E-state index is 5.70. The molecule has 23 heavy (non-hydrogen) atoms. The highest BCUT2D eigenvalue weighted by molar-refractivity contribution is 5.79. The van der Waals surface area contributed by atoms with E-state index in [1.54, 1.807) is 7.05 Å². The number of nitrogens with zero attached hydrogens (tertiary/aromatic N) is 1. The van der Waals surface area contributed by atoms with Gasteiger partial charge in [0.25, 0.3) is 0 Å². The molecule has 0 radical (unpaired) electrons. The lowest BCUT2D eigenvalue weighted by molar-refractivity contribution is 0.0776. The van der Waals surface area contributed by atoms with E-state index in [9.17, 15) is 0 Å². The fourth-order valence-electron chi connectivity index (χ4n) is 2.10. The Kier molecular flexibility index (Phi) is 9.14. The van der Waals surface area contributed by atoms with Gasteiger partial charge in [-0.3, -0.25) is 4.99 Å². The molecule has 1 aromatic carbocycles. The quantitative estimate of drug-likeness (QED) is 0.417. The van der Waals surface area contributed by atoms with Crippen LogP contribution in [0.2, 0.25) is 0 Å². The SMILES string of the molecule is CCOc1cc(C)ccc1CNC(=NC)NCCCOC(C)C. The molecule has 130 valence electrons. The number of guanidine groups is 1. The molecule has 0 aliphatic heterocycles. The maximum absolute atomic E-state index is 5.70. The maximum Gasteiger partial charge on any atom is 0.191 e. The van der Waals surface area contributed by atoms with Gasteiger partial charge in [-0.1, -0.05) is 12.1 Å². The molecule has 0 fully saturated rings. The van der Waals surface area contributed by atoms with Crippen molar-refractivity contribution >= 4 is 5.96 Å². The molecule has 0 atom stereocenters. The third kappa shape index (κ3) is 7.88. The Morgan fingerprint density at radius 3 is 2.70 bits per heavy atom. The van der Waals surface area contributed by atoms with Gasteiger partial charge in [-0.2, -0.15) is 0 Å². The van der Waals surface area contributed by atoms with Crippen molar-refractivity contribution in [1.29, 1.82) is 0 Å². The molecule has 0 heterocycles. The second-order valence-electron chi connectivity index (χ2n) is 5.67. The number of benzene rings is 1. The van der Waals surface area contributed by atoms with Crippen molar-refractivity contribution < 1.29 is 9.47 Å². The van der Waals surface area contributed by atoms with E-state index in [0.29, 0.717) is 13.2 Å². The van der Waals surface area contributed by atoms with Gasteiger partial charge >= 0.3 is 0 Å². The van der Waals surface area contributed by atoms with Crippen LogP contribution < -0.4 is 15.4 Å². The van der Waals surface area contributed by atoms with E-state index in [4.69, 9.17) is 9.47 Å². The van der Waals surface area contributed by atoms with Crippen LogP contribution in [0.3, 0.4) is 0 Å². The van der Waals surface area contributed by atoms with E-state index in [-0.39, 0.29) is 6.10 Å². The first-order chi connectivity index (χ1) is 11.1. The number of aryl methyl sites for hydroxylation is 1. The predicted molar refractivity (Wildman–Crippen MR) is 96.3 cm³/mol. The average molecular weight is 321 g/mol. The van der Waals surface area contributed by atoms with Crippen molar-refractivity contribution in [2.75, 3.05) is 26.8 Å². The molecule has 0 saturated heterocycles. The highest BCUT2D eigenvalue weighted by atomic mass is 16.5. The van der Waals surface area contributed by atoms with Crippen LogP contribution in [0.15, 0.2) is 23.2 Å². The van der Waals surface area contributed by atoms with E-state index in [2.05, 4.69) is 40.7 Å². The van der Waals surface area contributed by atoms with E-state index in [1.807, 2.05) is 20.8 Å². The summed E-state index contributed by atoms with van der Waals surface area (Å²) in [6.07, 6.45) is 1.24. The third-order valence-corrected chi connectivity index (χ3v) is 3.26. The first-order valence-corrected chi connectivity index (χ1v) is 8.35. The van der Waals surface area contributed by atoms with Crippen molar-refractivity contribution in [3.05, 3.63) is 29.3 Å². The zero-order valence-electron chi connectivity index (χ0n) is 15.1. The van der Waals surface area contributed by atoms with Crippen LogP contribution >= 0.6 is 0 Å². The molecule has 1 aromatic rings. The minimum atomic E-state index is 0.283. The van der Waals surface area contributed by atoms with Crippen LogP contribution in [0.25, 0.3) is 0 Å². The molecule has 0 bridgehead atoms. The smallest absolute Gasteiger partial charge is 0.191 e. The normalized spacial score (nSPS) is 11.7. The Balaban J connectivity index is 2.42. The summed E-state index contributed by atoms with van der Waals surface area (Å²) >= 11 is 0. The molecule has 5 heteroatoms. The second kappa shape index (κ2) is 10.9. The first kappa shape index (κ1) is 19.3. The van der Waals surface area contributed by atoms with Crippen molar-refractivity contribution in [2.24, 2.45) is 4.99 Å². The summed E-state index contributed by atoms with van der Waals surface area (Å²) in [5.74, 6) is 1.72. The summed E-state index contributed by atoms with van der Waals surface area (Å²) in [5, 5.41) is 6.62. The van der Waals surface area contributed by atoms with E-state index in [0.717, 1.165) is 36.8 Å². The minimum absolute atomic E-state index is 0.283. The third-order valence-electron chi connectivity index (χ3n) is 3.26. The summed E-state index contributed by atoms with van der Waals surface area (Å²) in [5.41, 5.74) is 2.33. The van der Waals surface area contributed by atoms with Gasteiger partial charge in [0.05, 0.1) is 12.7 Å². The molecule has 0 amide bonds. The lowest BCUT2D eigenvalue weighted by Crippen LogP contribution is -2.37. The molecule has 0 spiro atoms. The molecule has 0 aliphatic rings. The molecule has 5 nitrogen and oxygen atoms in total. The van der Waals surface area contributed by atoms with Gasteiger partial charge < -0.3 is 20.1 Å². The molecule has 0 aliphatic carbocycles. The number of hydrogen-bond donors (Lipinski definition) is 2. The van der Waals surface area contributed by atoms with Crippen LogP contribution in [0, 0.1) is 6.92 Å². The topological polar surface area (TPSA) is 54.9 Å². The van der Waals surface area contributed by atoms with Crippen LogP contribution in [-0.4, -0.2) is 38.9 Å². The van der Waals surface area contributed by atoms with Crippen molar-refractivity contribution in [3.8, 4) is 5.75 Å². The van der Waals surface area contributed by atoms with E-state index >= 15 is 0 Å². The van der Waals surface area contributed by atoms with Gasteiger partial charge in [-0.25, -0.2) is 0 Å². The fourth-order valence-corrected chi connectivity index (χ4v) is 2.10. The van der Waals surface area contributed by atoms with E-state index in [1.165, 1.54) is 5.56 Å². The minimum Gasteiger partial charge on any atom is -0.494 e. The Bertz CT molecular complexity index is 487. The van der Waals surface area contributed by atoms with Gasteiger partial charge in [-0.15, -0.1) is 0 Å². The summed E-state index contributed by atoms with van der Waals surface area (Å²) in [4.78, 5) is 4.24. The lowest BCUT2D eigenvalue weighted by atomic mass is 10.1. The van der Waals surface area contributed by atoms with Crippen molar-refractivity contribution in [1.82, 2.24) is 10.6 Å². The Hall–Kier alpha value is -1.75. The summed E-state index contributed by atoms with van der Waals surface area (Å²) in [6, 6.07) is 6.26. The Morgan fingerprint density at radius 2 is 2.04 bits per heavy atom. The molecule has 2 N–H and O–H groups in total. The number of nitrogens with one attached hydrogen (secondary N) is 2.